The minimum absolute atomic E-state index is 0.730. The summed E-state index contributed by atoms with van der Waals surface area (Å²) in [6, 6.07) is 31.0. The number of hydrogen-bond donors (Lipinski definition) is 0. The highest BCUT2D eigenvalue weighted by Gasteiger charge is 2.18. The molecule has 0 N–H and O–H groups in total. The van der Waals surface area contributed by atoms with Crippen LogP contribution in [0.15, 0.2) is 101 Å². The SMILES string of the molecule is c1ccc(C2=NN=C(c3ccccc3)CN(c3ccccc3)C2)cc1. The molecule has 1 aliphatic rings. The lowest BCUT2D eigenvalue weighted by Gasteiger charge is -2.24. The van der Waals surface area contributed by atoms with Gasteiger partial charge in [0.15, 0.2) is 0 Å². The van der Waals surface area contributed by atoms with E-state index in [1.54, 1.807) is 0 Å². The molecule has 0 aromatic heterocycles. The van der Waals surface area contributed by atoms with Gasteiger partial charge in [0.25, 0.3) is 0 Å². The molecule has 0 unspecified atom stereocenters. The van der Waals surface area contributed by atoms with Crippen LogP contribution in [-0.2, 0) is 0 Å². The number of para-hydroxylation sites is 1. The largest absolute Gasteiger partial charge is 0.360 e. The zero-order chi connectivity index (χ0) is 16.9. The average molecular weight is 325 g/mol. The van der Waals surface area contributed by atoms with E-state index < -0.39 is 0 Å². The minimum atomic E-state index is 0.730. The van der Waals surface area contributed by atoms with Gasteiger partial charge in [-0.2, -0.15) is 10.2 Å². The molecule has 0 saturated heterocycles. The Morgan fingerprint density at radius 3 is 1.36 bits per heavy atom. The first-order valence-corrected chi connectivity index (χ1v) is 8.44. The number of rotatable bonds is 3. The first kappa shape index (κ1) is 15.3. The number of hydrogen-bond acceptors (Lipinski definition) is 3. The molecule has 122 valence electrons. The molecular formula is C22H19N3. The Morgan fingerprint density at radius 1 is 0.520 bits per heavy atom. The summed E-state index contributed by atoms with van der Waals surface area (Å²) in [6.07, 6.45) is 0. The fourth-order valence-electron chi connectivity index (χ4n) is 2.98. The molecule has 0 amide bonds. The summed E-state index contributed by atoms with van der Waals surface area (Å²) in [5, 5.41) is 9.18. The van der Waals surface area contributed by atoms with Crippen molar-refractivity contribution < 1.29 is 0 Å². The van der Waals surface area contributed by atoms with Gasteiger partial charge < -0.3 is 4.90 Å². The van der Waals surface area contributed by atoms with Gasteiger partial charge in [-0.15, -0.1) is 0 Å². The summed E-state index contributed by atoms with van der Waals surface area (Å²) in [4.78, 5) is 2.32. The van der Waals surface area contributed by atoms with Crippen molar-refractivity contribution in [2.24, 2.45) is 10.2 Å². The number of benzene rings is 3. The van der Waals surface area contributed by atoms with Crippen molar-refractivity contribution in [1.82, 2.24) is 0 Å². The lowest BCUT2D eigenvalue weighted by molar-refractivity contribution is 1.01. The molecule has 0 spiro atoms. The van der Waals surface area contributed by atoms with E-state index in [1.165, 1.54) is 5.69 Å². The molecule has 3 aromatic rings. The van der Waals surface area contributed by atoms with Crippen molar-refractivity contribution in [2.45, 2.75) is 0 Å². The summed E-state index contributed by atoms with van der Waals surface area (Å²) < 4.78 is 0. The van der Waals surface area contributed by atoms with Crippen LogP contribution in [0.4, 0.5) is 5.69 Å². The highest BCUT2D eigenvalue weighted by molar-refractivity contribution is 6.09. The Kier molecular flexibility index (Phi) is 4.38. The Bertz CT molecular complexity index is 827. The molecule has 0 bridgehead atoms. The monoisotopic (exact) mass is 325 g/mol. The summed E-state index contributed by atoms with van der Waals surface area (Å²) >= 11 is 0. The van der Waals surface area contributed by atoms with Crippen molar-refractivity contribution in [2.75, 3.05) is 18.0 Å². The predicted molar refractivity (Wildman–Crippen MR) is 105 cm³/mol. The Labute approximate surface area is 148 Å². The number of nitrogens with zero attached hydrogens (tertiary/aromatic N) is 3. The third-order valence-electron chi connectivity index (χ3n) is 4.31. The van der Waals surface area contributed by atoms with Crippen LogP contribution in [0.1, 0.15) is 11.1 Å². The number of anilines is 1. The van der Waals surface area contributed by atoms with E-state index >= 15 is 0 Å². The second-order valence-corrected chi connectivity index (χ2v) is 6.02. The summed E-state index contributed by atoms with van der Waals surface area (Å²) in [5.41, 5.74) is 5.37. The van der Waals surface area contributed by atoms with E-state index in [0.717, 1.165) is 35.6 Å². The first-order chi connectivity index (χ1) is 12.4. The van der Waals surface area contributed by atoms with Gasteiger partial charge in [0.05, 0.1) is 24.5 Å². The van der Waals surface area contributed by atoms with Gasteiger partial charge in [0, 0.05) is 5.69 Å². The zero-order valence-corrected chi connectivity index (χ0v) is 13.9. The quantitative estimate of drug-likeness (QED) is 0.701. The van der Waals surface area contributed by atoms with Crippen molar-refractivity contribution in [3.8, 4) is 0 Å². The van der Waals surface area contributed by atoms with E-state index in [4.69, 9.17) is 0 Å². The third-order valence-corrected chi connectivity index (χ3v) is 4.31. The second-order valence-electron chi connectivity index (χ2n) is 6.02. The highest BCUT2D eigenvalue weighted by Crippen LogP contribution is 2.18. The minimum Gasteiger partial charge on any atom is -0.360 e. The summed E-state index contributed by atoms with van der Waals surface area (Å²) in [6.45, 7) is 1.46. The first-order valence-electron chi connectivity index (χ1n) is 8.44. The zero-order valence-electron chi connectivity index (χ0n) is 13.9. The van der Waals surface area contributed by atoms with E-state index in [-0.39, 0.29) is 0 Å². The maximum atomic E-state index is 4.59. The summed E-state index contributed by atoms with van der Waals surface area (Å²) in [5.74, 6) is 0. The molecule has 0 radical (unpaired) electrons. The lowest BCUT2D eigenvalue weighted by Crippen LogP contribution is -2.33. The molecule has 3 heteroatoms. The smallest absolute Gasteiger partial charge is 0.0895 e. The molecule has 4 rings (SSSR count). The lowest BCUT2D eigenvalue weighted by atomic mass is 10.1. The maximum Gasteiger partial charge on any atom is 0.0895 e. The molecule has 0 saturated carbocycles. The van der Waals surface area contributed by atoms with Gasteiger partial charge in [-0.1, -0.05) is 78.9 Å². The van der Waals surface area contributed by atoms with Crippen LogP contribution in [0.5, 0.6) is 0 Å². The van der Waals surface area contributed by atoms with Gasteiger partial charge >= 0.3 is 0 Å². The Balaban J connectivity index is 1.76. The molecule has 1 aliphatic heterocycles. The third kappa shape index (κ3) is 3.50. The second kappa shape index (κ2) is 7.14. The fraction of sp³-hybridized carbons (Fsp3) is 0.0909. The molecule has 1 heterocycles. The van der Waals surface area contributed by atoms with Crippen LogP contribution in [0.2, 0.25) is 0 Å². The van der Waals surface area contributed by atoms with Crippen LogP contribution < -0.4 is 4.90 Å². The predicted octanol–water partition coefficient (Wildman–Crippen LogP) is 4.40. The van der Waals surface area contributed by atoms with Crippen LogP contribution in [-0.4, -0.2) is 24.5 Å². The molecule has 3 aromatic carbocycles. The fourth-order valence-corrected chi connectivity index (χ4v) is 2.98. The summed E-state index contributed by atoms with van der Waals surface area (Å²) in [7, 11) is 0. The van der Waals surface area contributed by atoms with Crippen LogP contribution in [0.3, 0.4) is 0 Å². The van der Waals surface area contributed by atoms with E-state index in [2.05, 4.69) is 63.6 Å². The van der Waals surface area contributed by atoms with Gasteiger partial charge in [-0.05, 0) is 23.3 Å². The Morgan fingerprint density at radius 2 is 0.920 bits per heavy atom. The van der Waals surface area contributed by atoms with Gasteiger partial charge in [0.2, 0.25) is 0 Å². The molecular weight excluding hydrogens is 306 g/mol. The van der Waals surface area contributed by atoms with Crippen LogP contribution in [0, 0.1) is 0 Å². The highest BCUT2D eigenvalue weighted by atomic mass is 15.3. The van der Waals surface area contributed by atoms with Gasteiger partial charge in [-0.3, -0.25) is 0 Å². The van der Waals surface area contributed by atoms with E-state index in [9.17, 15) is 0 Å². The van der Waals surface area contributed by atoms with E-state index in [1.807, 2.05) is 42.5 Å². The van der Waals surface area contributed by atoms with Crippen LogP contribution in [0.25, 0.3) is 0 Å². The molecule has 0 atom stereocenters. The molecule has 3 nitrogen and oxygen atoms in total. The molecule has 25 heavy (non-hydrogen) atoms. The van der Waals surface area contributed by atoms with Crippen molar-refractivity contribution >= 4 is 17.1 Å². The van der Waals surface area contributed by atoms with Gasteiger partial charge in [0.1, 0.15) is 0 Å². The van der Waals surface area contributed by atoms with Crippen molar-refractivity contribution in [1.29, 1.82) is 0 Å². The molecule has 0 aliphatic carbocycles. The van der Waals surface area contributed by atoms with Gasteiger partial charge in [-0.25, -0.2) is 0 Å². The average Bonchev–Trinajstić information content (AvgIpc) is 2.93. The van der Waals surface area contributed by atoms with Crippen LogP contribution >= 0.6 is 0 Å². The van der Waals surface area contributed by atoms with Crippen molar-refractivity contribution in [3.63, 3.8) is 0 Å². The molecule has 0 fully saturated rings. The standard InChI is InChI=1S/C22H19N3/c1-4-10-18(11-5-1)21-16-25(20-14-8-3-9-15-20)17-22(24-23-21)19-12-6-2-7-13-19/h1-15H,16-17H2. The normalized spacial score (nSPS) is 14.5. The van der Waals surface area contributed by atoms with E-state index in [0.29, 0.717) is 0 Å². The maximum absolute atomic E-state index is 4.59. The topological polar surface area (TPSA) is 28.0 Å². The van der Waals surface area contributed by atoms with Crippen molar-refractivity contribution in [3.05, 3.63) is 102 Å². The Hall–Kier alpha value is -3.20.